The number of methoxy groups -OCH3 is 1. The third-order valence-electron chi connectivity index (χ3n) is 3.06. The van der Waals surface area contributed by atoms with Crippen LogP contribution in [0, 0.1) is 5.92 Å². The summed E-state index contributed by atoms with van der Waals surface area (Å²) in [5, 5.41) is 14.5. The SMILES string of the molecule is COC(=O)[C@H](Cc1ccccc1)NC(=O)C(CC(C)C)=NO. The van der Waals surface area contributed by atoms with Gasteiger partial charge in [0, 0.05) is 12.8 Å². The molecule has 1 amide bonds. The Kier molecular flexibility index (Phi) is 7.08. The fourth-order valence-corrected chi connectivity index (χ4v) is 1.99. The highest BCUT2D eigenvalue weighted by Crippen LogP contribution is 2.06. The number of nitrogens with one attached hydrogen (secondary N) is 1. The number of oxime groups is 1. The Morgan fingerprint density at radius 1 is 1.27 bits per heavy atom. The maximum absolute atomic E-state index is 12.1. The van der Waals surface area contributed by atoms with Crippen LogP contribution in [0.2, 0.25) is 0 Å². The predicted octanol–water partition coefficient (Wildman–Crippen LogP) is 1.76. The van der Waals surface area contributed by atoms with E-state index in [1.165, 1.54) is 7.11 Å². The number of carbonyl (C=O) groups excluding carboxylic acids is 2. The number of benzene rings is 1. The molecule has 0 unspecified atom stereocenters. The zero-order chi connectivity index (χ0) is 16.5. The van der Waals surface area contributed by atoms with Crippen LogP contribution in [0.4, 0.5) is 0 Å². The smallest absolute Gasteiger partial charge is 0.328 e. The maximum atomic E-state index is 12.1. The fraction of sp³-hybridized carbons (Fsp3) is 0.438. The Bertz CT molecular complexity index is 526. The van der Waals surface area contributed by atoms with Crippen molar-refractivity contribution >= 4 is 17.6 Å². The molecule has 0 aliphatic rings. The summed E-state index contributed by atoms with van der Waals surface area (Å²) < 4.78 is 4.72. The van der Waals surface area contributed by atoms with E-state index in [-0.39, 0.29) is 11.6 Å². The molecule has 0 saturated heterocycles. The molecule has 6 nitrogen and oxygen atoms in total. The second-order valence-corrected chi connectivity index (χ2v) is 5.38. The van der Waals surface area contributed by atoms with Gasteiger partial charge in [-0.15, -0.1) is 0 Å². The summed E-state index contributed by atoms with van der Waals surface area (Å²) in [6.07, 6.45) is 0.626. The largest absolute Gasteiger partial charge is 0.467 e. The van der Waals surface area contributed by atoms with Gasteiger partial charge >= 0.3 is 5.97 Å². The van der Waals surface area contributed by atoms with E-state index in [0.717, 1.165) is 5.56 Å². The number of amides is 1. The molecule has 0 fully saturated rings. The summed E-state index contributed by atoms with van der Waals surface area (Å²) in [6, 6.07) is 8.46. The highest BCUT2D eigenvalue weighted by atomic mass is 16.5. The van der Waals surface area contributed by atoms with Gasteiger partial charge < -0.3 is 15.3 Å². The number of nitrogens with zero attached hydrogens (tertiary/aromatic N) is 1. The predicted molar refractivity (Wildman–Crippen MR) is 82.8 cm³/mol. The highest BCUT2D eigenvalue weighted by molar-refractivity contribution is 6.39. The van der Waals surface area contributed by atoms with Gasteiger partial charge in [-0.1, -0.05) is 49.3 Å². The summed E-state index contributed by atoms with van der Waals surface area (Å²) in [5.74, 6) is -0.955. The van der Waals surface area contributed by atoms with Crippen molar-refractivity contribution in [2.45, 2.75) is 32.7 Å². The van der Waals surface area contributed by atoms with E-state index in [2.05, 4.69) is 10.5 Å². The van der Waals surface area contributed by atoms with Crippen molar-refractivity contribution in [3.8, 4) is 0 Å². The number of hydrogen-bond acceptors (Lipinski definition) is 5. The van der Waals surface area contributed by atoms with Gasteiger partial charge in [0.2, 0.25) is 0 Å². The molecule has 1 aromatic carbocycles. The molecule has 120 valence electrons. The molecule has 0 bridgehead atoms. The summed E-state index contributed by atoms with van der Waals surface area (Å²) in [7, 11) is 1.27. The minimum Gasteiger partial charge on any atom is -0.467 e. The van der Waals surface area contributed by atoms with Crippen molar-refractivity contribution in [2.24, 2.45) is 11.1 Å². The highest BCUT2D eigenvalue weighted by Gasteiger charge is 2.24. The summed E-state index contributed by atoms with van der Waals surface area (Å²) in [5.41, 5.74) is 0.890. The van der Waals surface area contributed by atoms with Crippen LogP contribution in [0.15, 0.2) is 35.5 Å². The van der Waals surface area contributed by atoms with Crippen LogP contribution >= 0.6 is 0 Å². The van der Waals surface area contributed by atoms with E-state index >= 15 is 0 Å². The molecule has 2 N–H and O–H groups in total. The third kappa shape index (κ3) is 5.55. The second kappa shape index (κ2) is 8.81. The molecule has 1 aromatic rings. The molecule has 0 aliphatic carbocycles. The van der Waals surface area contributed by atoms with Gasteiger partial charge in [0.25, 0.3) is 5.91 Å². The Morgan fingerprint density at radius 3 is 2.41 bits per heavy atom. The van der Waals surface area contributed by atoms with Gasteiger partial charge in [-0.05, 0) is 11.5 Å². The molecule has 1 rings (SSSR count). The molecular formula is C16H22N2O4. The summed E-state index contributed by atoms with van der Waals surface area (Å²) >= 11 is 0. The van der Waals surface area contributed by atoms with E-state index in [4.69, 9.17) is 9.94 Å². The van der Waals surface area contributed by atoms with E-state index in [1.54, 1.807) is 0 Å². The standard InChI is InChI=1S/C16H22N2O4/c1-11(2)9-13(18-21)15(19)17-14(16(20)22-3)10-12-7-5-4-6-8-12/h4-8,11,14,21H,9-10H2,1-3H3,(H,17,19)/t14-/m0/s1. The molecule has 6 heteroatoms. The van der Waals surface area contributed by atoms with E-state index in [9.17, 15) is 9.59 Å². The Balaban J connectivity index is 2.81. The van der Waals surface area contributed by atoms with E-state index in [0.29, 0.717) is 12.8 Å². The summed E-state index contributed by atoms with van der Waals surface area (Å²) in [4.78, 5) is 24.0. The zero-order valence-corrected chi connectivity index (χ0v) is 13.1. The van der Waals surface area contributed by atoms with Crippen LogP contribution in [-0.4, -0.2) is 35.9 Å². The third-order valence-corrected chi connectivity index (χ3v) is 3.06. The molecule has 1 atom stereocenters. The van der Waals surface area contributed by atoms with Crippen LogP contribution in [0.1, 0.15) is 25.8 Å². The minimum atomic E-state index is -0.830. The van der Waals surface area contributed by atoms with Gasteiger partial charge in [0.1, 0.15) is 11.8 Å². The number of hydrogen-bond donors (Lipinski definition) is 2. The van der Waals surface area contributed by atoms with Crippen LogP contribution < -0.4 is 5.32 Å². The normalized spacial score (nSPS) is 12.8. The number of rotatable bonds is 7. The van der Waals surface area contributed by atoms with Crippen molar-refractivity contribution < 1.29 is 19.5 Å². The van der Waals surface area contributed by atoms with Crippen LogP contribution in [-0.2, 0) is 20.7 Å². The lowest BCUT2D eigenvalue weighted by Crippen LogP contribution is -2.46. The first kappa shape index (κ1) is 17.7. The molecular weight excluding hydrogens is 284 g/mol. The molecule has 0 spiro atoms. The molecule has 0 heterocycles. The van der Waals surface area contributed by atoms with Crippen LogP contribution in [0.3, 0.4) is 0 Å². The minimum absolute atomic E-state index is 0.00281. The van der Waals surface area contributed by atoms with Gasteiger partial charge in [-0.25, -0.2) is 4.79 Å². The topological polar surface area (TPSA) is 88.0 Å². The Morgan fingerprint density at radius 2 is 1.91 bits per heavy atom. The molecule has 0 radical (unpaired) electrons. The molecule has 22 heavy (non-hydrogen) atoms. The quantitative estimate of drug-likeness (QED) is 0.348. The van der Waals surface area contributed by atoms with Crippen molar-refractivity contribution in [1.82, 2.24) is 5.32 Å². The zero-order valence-electron chi connectivity index (χ0n) is 13.1. The monoisotopic (exact) mass is 306 g/mol. The van der Waals surface area contributed by atoms with Gasteiger partial charge in [0.05, 0.1) is 7.11 Å². The lowest BCUT2D eigenvalue weighted by molar-refractivity contribution is -0.144. The van der Waals surface area contributed by atoms with Crippen molar-refractivity contribution in [1.29, 1.82) is 0 Å². The van der Waals surface area contributed by atoms with Crippen molar-refractivity contribution in [2.75, 3.05) is 7.11 Å². The second-order valence-electron chi connectivity index (χ2n) is 5.38. The van der Waals surface area contributed by atoms with Crippen LogP contribution in [0.25, 0.3) is 0 Å². The van der Waals surface area contributed by atoms with Gasteiger partial charge in [-0.3, -0.25) is 4.79 Å². The first-order valence-electron chi connectivity index (χ1n) is 7.11. The number of carbonyl (C=O) groups is 2. The number of ether oxygens (including phenoxy) is 1. The summed E-state index contributed by atoms with van der Waals surface area (Å²) in [6.45, 7) is 3.81. The van der Waals surface area contributed by atoms with Gasteiger partial charge in [-0.2, -0.15) is 0 Å². The average Bonchev–Trinajstić information content (AvgIpc) is 2.51. The molecule has 0 aromatic heterocycles. The van der Waals surface area contributed by atoms with Crippen molar-refractivity contribution in [3.63, 3.8) is 0 Å². The molecule has 0 saturated carbocycles. The lowest BCUT2D eigenvalue weighted by atomic mass is 10.0. The first-order chi connectivity index (χ1) is 10.5. The van der Waals surface area contributed by atoms with Gasteiger partial charge in [0.15, 0.2) is 0 Å². The fourth-order valence-electron chi connectivity index (χ4n) is 1.99. The first-order valence-corrected chi connectivity index (χ1v) is 7.11. The van der Waals surface area contributed by atoms with E-state index in [1.807, 2.05) is 44.2 Å². The number of esters is 1. The Hall–Kier alpha value is -2.37. The van der Waals surface area contributed by atoms with E-state index < -0.39 is 17.9 Å². The maximum Gasteiger partial charge on any atom is 0.328 e. The average molecular weight is 306 g/mol. The lowest BCUT2D eigenvalue weighted by Gasteiger charge is -2.17. The Labute approximate surface area is 130 Å². The van der Waals surface area contributed by atoms with Crippen LogP contribution in [0.5, 0.6) is 0 Å². The van der Waals surface area contributed by atoms with Crippen molar-refractivity contribution in [3.05, 3.63) is 35.9 Å². The molecule has 0 aliphatic heterocycles.